The third-order valence-electron chi connectivity index (χ3n) is 4.37. The van der Waals surface area contributed by atoms with Crippen molar-refractivity contribution in [2.24, 2.45) is 5.92 Å². The second kappa shape index (κ2) is 12.6. The van der Waals surface area contributed by atoms with E-state index in [1.807, 2.05) is 19.3 Å². The first-order valence-corrected chi connectivity index (χ1v) is 8.88. The van der Waals surface area contributed by atoms with Gasteiger partial charge in [0.05, 0.1) is 13.3 Å². The standard InChI is InChI=1S/C9H18N2O.C7H8N4.C2H4O2/c1-8-3-5-11(2)6-4-9(8)10-7-12;1-8-6-4-10-7-5(11-6)2-3-9-7;1-4-2-3/h7-9H,3-6H2,1-2H3,(H,10,12);2-4H,1H3,(H,8,11)(H,9,10);2H,1H3. The molecular weight excluding hydrogens is 348 g/mol. The number of fused-ring (bicyclic) bond motifs is 1. The second-order valence-electron chi connectivity index (χ2n) is 6.30. The summed E-state index contributed by atoms with van der Waals surface area (Å²) in [5, 5.41) is 5.81. The van der Waals surface area contributed by atoms with Crippen molar-refractivity contribution in [2.45, 2.75) is 25.8 Å². The maximum atomic E-state index is 10.3. The number of hydrogen-bond acceptors (Lipinski definition) is 7. The molecule has 1 amide bonds. The summed E-state index contributed by atoms with van der Waals surface area (Å²) < 4.78 is 3.86. The third-order valence-corrected chi connectivity index (χ3v) is 4.37. The number of likely N-dealkylation sites (tertiary alicyclic amines) is 1. The first-order valence-electron chi connectivity index (χ1n) is 8.88. The monoisotopic (exact) mass is 378 g/mol. The van der Waals surface area contributed by atoms with Crippen LogP contribution in [0.15, 0.2) is 18.5 Å². The van der Waals surface area contributed by atoms with Gasteiger partial charge in [-0.2, -0.15) is 0 Å². The van der Waals surface area contributed by atoms with E-state index < -0.39 is 0 Å². The summed E-state index contributed by atoms with van der Waals surface area (Å²) in [6.45, 7) is 4.83. The molecule has 1 saturated heterocycles. The van der Waals surface area contributed by atoms with Gasteiger partial charge in [-0.1, -0.05) is 6.92 Å². The summed E-state index contributed by atoms with van der Waals surface area (Å²) >= 11 is 0. The van der Waals surface area contributed by atoms with Crippen molar-refractivity contribution < 1.29 is 14.3 Å². The van der Waals surface area contributed by atoms with Crippen LogP contribution >= 0.6 is 0 Å². The van der Waals surface area contributed by atoms with E-state index in [0.717, 1.165) is 42.9 Å². The highest BCUT2D eigenvalue weighted by molar-refractivity contribution is 5.71. The highest BCUT2D eigenvalue weighted by Gasteiger charge is 2.20. The molecule has 0 spiro atoms. The summed E-state index contributed by atoms with van der Waals surface area (Å²) in [4.78, 5) is 32.9. The van der Waals surface area contributed by atoms with E-state index in [4.69, 9.17) is 4.79 Å². The van der Waals surface area contributed by atoms with E-state index in [2.05, 4.69) is 49.2 Å². The fourth-order valence-electron chi connectivity index (χ4n) is 2.67. The first kappa shape index (κ1) is 22.4. The molecule has 2 atom stereocenters. The Hall–Kier alpha value is -2.68. The smallest absolute Gasteiger partial charge is 0.292 e. The molecule has 9 heteroatoms. The predicted molar refractivity (Wildman–Crippen MR) is 105 cm³/mol. The molecule has 1 aliphatic heterocycles. The highest BCUT2D eigenvalue weighted by Crippen LogP contribution is 2.16. The van der Waals surface area contributed by atoms with Crippen LogP contribution in [0.25, 0.3) is 11.2 Å². The Morgan fingerprint density at radius 1 is 1.33 bits per heavy atom. The van der Waals surface area contributed by atoms with Crippen LogP contribution in [0.4, 0.5) is 5.82 Å². The van der Waals surface area contributed by atoms with Crippen molar-refractivity contribution in [3.05, 3.63) is 18.5 Å². The van der Waals surface area contributed by atoms with Gasteiger partial charge < -0.3 is 25.3 Å². The summed E-state index contributed by atoms with van der Waals surface area (Å²) in [5.41, 5.74) is 1.71. The van der Waals surface area contributed by atoms with Gasteiger partial charge in [0.25, 0.3) is 6.47 Å². The van der Waals surface area contributed by atoms with Crippen molar-refractivity contribution in [3.8, 4) is 0 Å². The Bertz CT molecular complexity index is 678. The lowest BCUT2D eigenvalue weighted by atomic mass is 9.97. The molecule has 2 unspecified atom stereocenters. The molecule has 0 bridgehead atoms. The molecule has 3 heterocycles. The van der Waals surface area contributed by atoms with Crippen LogP contribution in [0.3, 0.4) is 0 Å². The topological polar surface area (TPSA) is 112 Å². The molecule has 0 radical (unpaired) electrons. The SMILES string of the molecule is CC1CCN(C)CCC1NC=O.CNc1cnc2[nH]ccc2n1.COC=O. The highest BCUT2D eigenvalue weighted by atomic mass is 16.5. The fourth-order valence-corrected chi connectivity index (χ4v) is 2.67. The van der Waals surface area contributed by atoms with E-state index in [9.17, 15) is 4.79 Å². The number of aromatic amines is 1. The van der Waals surface area contributed by atoms with Gasteiger partial charge in [0.2, 0.25) is 6.41 Å². The minimum atomic E-state index is 0.375. The Balaban J connectivity index is 0.000000227. The number of carbonyl (C=O) groups is 2. The van der Waals surface area contributed by atoms with Crippen molar-refractivity contribution in [3.63, 3.8) is 0 Å². The van der Waals surface area contributed by atoms with E-state index >= 15 is 0 Å². The molecule has 9 nitrogen and oxygen atoms in total. The number of carbonyl (C=O) groups excluding carboxylic acids is 2. The van der Waals surface area contributed by atoms with Gasteiger partial charge in [0.15, 0.2) is 5.65 Å². The lowest BCUT2D eigenvalue weighted by Crippen LogP contribution is -2.34. The predicted octanol–water partition coefficient (Wildman–Crippen LogP) is 1.25. The van der Waals surface area contributed by atoms with Crippen LogP contribution in [0, 0.1) is 5.92 Å². The molecule has 150 valence electrons. The molecule has 2 aromatic rings. The van der Waals surface area contributed by atoms with Gasteiger partial charge in [-0.05, 0) is 45.0 Å². The van der Waals surface area contributed by atoms with Crippen LogP contribution in [0.1, 0.15) is 19.8 Å². The van der Waals surface area contributed by atoms with Crippen molar-refractivity contribution in [1.82, 2.24) is 25.2 Å². The minimum absolute atomic E-state index is 0.375. The number of anilines is 1. The van der Waals surface area contributed by atoms with Gasteiger partial charge in [0.1, 0.15) is 11.3 Å². The third kappa shape index (κ3) is 8.04. The molecule has 1 fully saturated rings. The molecule has 0 aliphatic carbocycles. The largest absolute Gasteiger partial charge is 0.471 e. The Morgan fingerprint density at radius 2 is 2.04 bits per heavy atom. The van der Waals surface area contributed by atoms with Gasteiger partial charge in [-0.3, -0.25) is 9.59 Å². The molecule has 0 saturated carbocycles. The lowest BCUT2D eigenvalue weighted by Gasteiger charge is -2.19. The number of nitrogens with one attached hydrogen (secondary N) is 3. The van der Waals surface area contributed by atoms with Crippen LogP contribution in [-0.4, -0.2) is 73.1 Å². The van der Waals surface area contributed by atoms with Crippen molar-refractivity contribution in [1.29, 1.82) is 0 Å². The molecule has 27 heavy (non-hydrogen) atoms. The maximum Gasteiger partial charge on any atom is 0.292 e. The number of ether oxygens (including phenoxy) is 1. The molecule has 3 N–H and O–H groups in total. The number of amides is 1. The summed E-state index contributed by atoms with van der Waals surface area (Å²) in [6, 6.07) is 2.27. The Labute approximate surface area is 159 Å². The minimum Gasteiger partial charge on any atom is -0.471 e. The number of nitrogens with zero attached hydrogens (tertiary/aromatic N) is 3. The van der Waals surface area contributed by atoms with E-state index in [0.29, 0.717) is 18.4 Å². The molecule has 3 rings (SSSR count). The van der Waals surface area contributed by atoms with Crippen LogP contribution in [0.5, 0.6) is 0 Å². The zero-order chi connectivity index (χ0) is 20.1. The van der Waals surface area contributed by atoms with Gasteiger partial charge in [-0.25, -0.2) is 9.97 Å². The van der Waals surface area contributed by atoms with Crippen molar-refractivity contribution >= 4 is 29.9 Å². The number of methoxy groups -OCH3 is 1. The molecule has 2 aromatic heterocycles. The fraction of sp³-hybridized carbons (Fsp3) is 0.556. The quantitative estimate of drug-likeness (QED) is 0.687. The van der Waals surface area contributed by atoms with E-state index in [1.165, 1.54) is 13.5 Å². The summed E-state index contributed by atoms with van der Waals surface area (Å²) in [5.74, 6) is 1.40. The maximum absolute atomic E-state index is 10.3. The molecule has 0 aromatic carbocycles. The number of hydrogen-bond donors (Lipinski definition) is 3. The Kier molecular flexibility index (Phi) is 10.5. The van der Waals surface area contributed by atoms with Gasteiger partial charge in [-0.15, -0.1) is 0 Å². The van der Waals surface area contributed by atoms with Gasteiger partial charge >= 0.3 is 0 Å². The number of rotatable bonds is 4. The molecular formula is C18H30N6O3. The van der Waals surface area contributed by atoms with Crippen LogP contribution in [-0.2, 0) is 14.3 Å². The lowest BCUT2D eigenvalue weighted by molar-refractivity contribution is -0.126. The van der Waals surface area contributed by atoms with Crippen molar-refractivity contribution in [2.75, 3.05) is 39.6 Å². The normalized spacial score (nSPS) is 19.4. The molecule has 1 aliphatic rings. The van der Waals surface area contributed by atoms with Crippen LogP contribution < -0.4 is 10.6 Å². The van der Waals surface area contributed by atoms with E-state index in [-0.39, 0.29) is 0 Å². The number of aromatic nitrogens is 3. The summed E-state index contributed by atoms with van der Waals surface area (Å²) in [7, 11) is 5.27. The summed E-state index contributed by atoms with van der Waals surface area (Å²) in [6.07, 6.45) is 6.60. The second-order valence-corrected chi connectivity index (χ2v) is 6.30. The first-order chi connectivity index (χ1) is 13.0. The number of H-pyrrole nitrogens is 1. The van der Waals surface area contributed by atoms with Crippen LogP contribution in [0.2, 0.25) is 0 Å². The Morgan fingerprint density at radius 3 is 2.67 bits per heavy atom. The van der Waals surface area contributed by atoms with E-state index in [1.54, 1.807) is 6.20 Å². The zero-order valence-corrected chi connectivity index (χ0v) is 16.4. The average Bonchev–Trinajstić information content (AvgIpc) is 3.11. The van der Waals surface area contributed by atoms with Gasteiger partial charge in [0, 0.05) is 19.3 Å². The zero-order valence-electron chi connectivity index (χ0n) is 16.4. The average molecular weight is 378 g/mol.